The summed E-state index contributed by atoms with van der Waals surface area (Å²) in [7, 11) is 0. The highest BCUT2D eigenvalue weighted by Gasteiger charge is 2.17. The SMILES string of the molecule is Cc1cc(-c2cc(-c3nc(-c4ccccc4)nc(-c4ccc(-c5ccccc5)cc4)n3)cc(-c3cc4ccccc4c4ccccc34)c2)cc(C)n1. The number of hydrogen-bond acceptors (Lipinski definition) is 4. The van der Waals surface area contributed by atoms with E-state index in [9.17, 15) is 0 Å². The van der Waals surface area contributed by atoms with Gasteiger partial charge < -0.3 is 0 Å². The lowest BCUT2D eigenvalue weighted by atomic mass is 9.90. The molecule has 246 valence electrons. The average molecular weight is 667 g/mol. The zero-order valence-corrected chi connectivity index (χ0v) is 29.0. The van der Waals surface area contributed by atoms with Crippen LogP contribution in [-0.2, 0) is 0 Å². The fourth-order valence-electron chi connectivity index (χ4n) is 7.17. The fraction of sp³-hybridized carbons (Fsp3) is 0.0417. The quantitative estimate of drug-likeness (QED) is 0.166. The molecule has 0 unspecified atom stereocenters. The molecule has 0 atom stereocenters. The standard InChI is InChI=1S/C48H34N4/c1-31-25-38(26-32(2)49-31)39-27-40(45-30-37-17-9-10-18-42(37)43-19-11-12-20-44(43)45)29-41(28-39)48-51-46(35-15-7-4-8-16-35)50-47(52-48)36-23-21-34(22-24-36)33-13-5-3-6-14-33/h3-30H,1-2H3. The summed E-state index contributed by atoms with van der Waals surface area (Å²) in [5.74, 6) is 1.88. The fourth-order valence-corrected chi connectivity index (χ4v) is 7.17. The van der Waals surface area contributed by atoms with Gasteiger partial charge >= 0.3 is 0 Å². The molecule has 7 aromatic carbocycles. The van der Waals surface area contributed by atoms with E-state index in [1.54, 1.807) is 0 Å². The lowest BCUT2D eigenvalue weighted by molar-refractivity contribution is 1.07. The number of rotatable bonds is 6. The molecular formula is C48H34N4. The minimum atomic E-state index is 0.617. The summed E-state index contributed by atoms with van der Waals surface area (Å²) < 4.78 is 0. The minimum absolute atomic E-state index is 0.617. The van der Waals surface area contributed by atoms with Gasteiger partial charge in [-0.2, -0.15) is 0 Å². The molecule has 2 heterocycles. The number of aromatic nitrogens is 4. The molecule has 52 heavy (non-hydrogen) atoms. The maximum atomic E-state index is 5.18. The zero-order valence-electron chi connectivity index (χ0n) is 29.0. The second kappa shape index (κ2) is 13.2. The van der Waals surface area contributed by atoms with Gasteiger partial charge in [0.2, 0.25) is 0 Å². The second-order valence-corrected chi connectivity index (χ2v) is 13.2. The molecule has 0 aliphatic heterocycles. The smallest absolute Gasteiger partial charge is 0.164 e. The van der Waals surface area contributed by atoms with Crippen molar-refractivity contribution in [3.8, 4) is 67.5 Å². The Bertz CT molecular complexity index is 2720. The van der Waals surface area contributed by atoms with Gasteiger partial charge in [-0.1, -0.05) is 133 Å². The zero-order chi connectivity index (χ0) is 35.0. The summed E-state index contributed by atoms with van der Waals surface area (Å²) in [5.41, 5.74) is 11.5. The Kier molecular flexibility index (Phi) is 7.90. The summed E-state index contributed by atoms with van der Waals surface area (Å²) >= 11 is 0. The van der Waals surface area contributed by atoms with Crippen LogP contribution in [0.25, 0.3) is 89.1 Å². The second-order valence-electron chi connectivity index (χ2n) is 13.2. The summed E-state index contributed by atoms with van der Waals surface area (Å²) in [6.07, 6.45) is 0. The van der Waals surface area contributed by atoms with Crippen LogP contribution < -0.4 is 0 Å². The largest absolute Gasteiger partial charge is 0.258 e. The van der Waals surface area contributed by atoms with E-state index in [1.807, 2.05) is 50.2 Å². The first kappa shape index (κ1) is 31.2. The van der Waals surface area contributed by atoms with Gasteiger partial charge in [-0.3, -0.25) is 4.98 Å². The molecule has 0 radical (unpaired) electrons. The first-order valence-electron chi connectivity index (χ1n) is 17.6. The Morgan fingerprint density at radius 1 is 0.288 bits per heavy atom. The van der Waals surface area contributed by atoms with Crippen molar-refractivity contribution < 1.29 is 0 Å². The Hall–Kier alpha value is -6.78. The topological polar surface area (TPSA) is 51.6 Å². The van der Waals surface area contributed by atoms with E-state index in [-0.39, 0.29) is 0 Å². The Morgan fingerprint density at radius 3 is 1.40 bits per heavy atom. The van der Waals surface area contributed by atoms with Crippen LogP contribution in [0, 0.1) is 13.8 Å². The molecule has 0 spiro atoms. The molecule has 0 N–H and O–H groups in total. The highest BCUT2D eigenvalue weighted by atomic mass is 15.0. The maximum absolute atomic E-state index is 5.18. The van der Waals surface area contributed by atoms with Crippen LogP contribution in [-0.4, -0.2) is 19.9 Å². The lowest BCUT2D eigenvalue weighted by Crippen LogP contribution is -2.01. The number of fused-ring (bicyclic) bond motifs is 3. The van der Waals surface area contributed by atoms with Crippen molar-refractivity contribution in [2.24, 2.45) is 0 Å². The molecular weight excluding hydrogens is 633 g/mol. The molecule has 0 amide bonds. The summed E-state index contributed by atoms with van der Waals surface area (Å²) in [4.78, 5) is 20.0. The van der Waals surface area contributed by atoms with Crippen LogP contribution in [0.2, 0.25) is 0 Å². The van der Waals surface area contributed by atoms with Crippen molar-refractivity contribution in [2.45, 2.75) is 13.8 Å². The van der Waals surface area contributed by atoms with Gasteiger partial charge in [0.15, 0.2) is 17.5 Å². The van der Waals surface area contributed by atoms with Gasteiger partial charge in [0, 0.05) is 28.1 Å². The normalized spacial score (nSPS) is 11.3. The molecule has 0 aliphatic carbocycles. The van der Waals surface area contributed by atoms with Gasteiger partial charge in [-0.05, 0) is 105 Å². The van der Waals surface area contributed by atoms with Crippen molar-refractivity contribution >= 4 is 21.5 Å². The van der Waals surface area contributed by atoms with Crippen molar-refractivity contribution in [1.82, 2.24) is 19.9 Å². The third-order valence-corrected chi connectivity index (χ3v) is 9.60. The molecule has 2 aromatic heterocycles. The van der Waals surface area contributed by atoms with E-state index >= 15 is 0 Å². The van der Waals surface area contributed by atoms with E-state index in [0.29, 0.717) is 17.5 Å². The van der Waals surface area contributed by atoms with Crippen molar-refractivity contribution in [3.63, 3.8) is 0 Å². The van der Waals surface area contributed by atoms with Crippen molar-refractivity contribution in [1.29, 1.82) is 0 Å². The van der Waals surface area contributed by atoms with Crippen molar-refractivity contribution in [2.75, 3.05) is 0 Å². The average Bonchev–Trinajstić information content (AvgIpc) is 3.20. The summed E-state index contributed by atoms with van der Waals surface area (Å²) in [6.45, 7) is 4.09. The number of aryl methyl sites for hydroxylation is 2. The predicted octanol–water partition coefficient (Wildman–Crippen LogP) is 12.2. The number of hydrogen-bond donors (Lipinski definition) is 0. The van der Waals surface area contributed by atoms with Crippen LogP contribution in [0.3, 0.4) is 0 Å². The monoisotopic (exact) mass is 666 g/mol. The Balaban J connectivity index is 1.28. The minimum Gasteiger partial charge on any atom is -0.258 e. The molecule has 0 bridgehead atoms. The number of pyridine rings is 1. The van der Waals surface area contributed by atoms with Crippen LogP contribution in [0.4, 0.5) is 0 Å². The predicted molar refractivity (Wildman–Crippen MR) is 215 cm³/mol. The molecule has 0 saturated heterocycles. The van der Waals surface area contributed by atoms with Crippen LogP contribution in [0.15, 0.2) is 170 Å². The van der Waals surface area contributed by atoms with Crippen LogP contribution in [0.5, 0.6) is 0 Å². The van der Waals surface area contributed by atoms with E-state index in [4.69, 9.17) is 15.0 Å². The van der Waals surface area contributed by atoms with E-state index in [2.05, 4.69) is 138 Å². The lowest BCUT2D eigenvalue weighted by Gasteiger charge is -2.15. The first-order chi connectivity index (χ1) is 25.6. The van der Waals surface area contributed by atoms with Gasteiger partial charge in [0.05, 0.1) is 0 Å². The molecule has 0 aliphatic rings. The van der Waals surface area contributed by atoms with Crippen molar-refractivity contribution in [3.05, 3.63) is 181 Å². The highest BCUT2D eigenvalue weighted by Crippen LogP contribution is 2.39. The third-order valence-electron chi connectivity index (χ3n) is 9.60. The molecule has 0 saturated carbocycles. The maximum Gasteiger partial charge on any atom is 0.164 e. The molecule has 9 aromatic rings. The molecule has 9 rings (SSSR count). The molecule has 0 fully saturated rings. The summed E-state index contributed by atoms with van der Waals surface area (Å²) in [6, 6.07) is 59.6. The van der Waals surface area contributed by atoms with E-state index in [0.717, 1.165) is 55.9 Å². The highest BCUT2D eigenvalue weighted by molar-refractivity contribution is 6.14. The third kappa shape index (κ3) is 6.01. The Morgan fingerprint density at radius 2 is 0.731 bits per heavy atom. The summed E-state index contributed by atoms with van der Waals surface area (Å²) in [5, 5.41) is 4.87. The van der Waals surface area contributed by atoms with Crippen LogP contribution in [0.1, 0.15) is 11.4 Å². The van der Waals surface area contributed by atoms with Gasteiger partial charge in [0.25, 0.3) is 0 Å². The van der Waals surface area contributed by atoms with Crippen LogP contribution >= 0.6 is 0 Å². The van der Waals surface area contributed by atoms with Gasteiger partial charge in [-0.15, -0.1) is 0 Å². The van der Waals surface area contributed by atoms with E-state index in [1.165, 1.54) is 27.1 Å². The van der Waals surface area contributed by atoms with Gasteiger partial charge in [-0.25, -0.2) is 15.0 Å². The molecule has 4 heteroatoms. The first-order valence-corrected chi connectivity index (χ1v) is 17.6. The van der Waals surface area contributed by atoms with Gasteiger partial charge in [0.1, 0.15) is 0 Å². The number of nitrogens with zero attached hydrogens (tertiary/aromatic N) is 4. The van der Waals surface area contributed by atoms with E-state index < -0.39 is 0 Å². The molecule has 4 nitrogen and oxygen atoms in total. The Labute approximate surface area is 303 Å². The number of benzene rings is 7.